The molecular formula is C35H54O6. The van der Waals surface area contributed by atoms with Crippen molar-refractivity contribution < 1.29 is 28.8 Å². The first kappa shape index (κ1) is 33.7. The van der Waals surface area contributed by atoms with Crippen molar-refractivity contribution in [3.05, 3.63) is 35.9 Å². The minimum absolute atomic E-state index is 0.0130. The average Bonchev–Trinajstić information content (AvgIpc) is 2.98. The number of unbranched alkanes of at least 4 members (excludes halogenated alkanes) is 6. The van der Waals surface area contributed by atoms with Gasteiger partial charge in [-0.25, -0.2) is 0 Å². The number of aliphatic hydroxyl groups excluding tert-OH is 1. The maximum absolute atomic E-state index is 11.3. The van der Waals surface area contributed by atoms with Gasteiger partial charge in [-0.3, -0.25) is 0 Å². The number of terminal acetylenes is 1. The van der Waals surface area contributed by atoms with E-state index in [1.165, 1.54) is 25.7 Å². The average molecular weight is 571 g/mol. The van der Waals surface area contributed by atoms with Gasteiger partial charge in [-0.2, -0.15) is 0 Å². The molecule has 0 spiro atoms. The summed E-state index contributed by atoms with van der Waals surface area (Å²) in [6.45, 7) is 0.566. The number of hydrogen-bond donors (Lipinski definition) is 1. The minimum atomic E-state index is -0.295. The minimum Gasteiger partial charge on any atom is -0.393 e. The highest BCUT2D eigenvalue weighted by Crippen LogP contribution is 2.31. The number of carbonyl (C=O) groups excluding carboxylic acids is 1. The van der Waals surface area contributed by atoms with Crippen LogP contribution in [0.3, 0.4) is 0 Å². The number of methoxy groups -OCH3 is 1. The second kappa shape index (κ2) is 20.2. The Bertz CT molecular complexity index is 854. The summed E-state index contributed by atoms with van der Waals surface area (Å²) in [5.74, 6) is 2.70. The van der Waals surface area contributed by atoms with Gasteiger partial charge in [0, 0.05) is 26.4 Å². The number of ether oxygens (including phenoxy) is 4. The van der Waals surface area contributed by atoms with Crippen LogP contribution in [0.4, 0.5) is 0 Å². The second-order valence-corrected chi connectivity index (χ2v) is 12.1. The Morgan fingerprint density at radius 3 is 2.34 bits per heavy atom. The van der Waals surface area contributed by atoms with E-state index in [4.69, 9.17) is 25.4 Å². The number of carbonyl (C=O) groups is 1. The van der Waals surface area contributed by atoms with Crippen LogP contribution in [-0.2, 0) is 30.3 Å². The van der Waals surface area contributed by atoms with Crippen LogP contribution < -0.4 is 0 Å². The highest BCUT2D eigenvalue weighted by Gasteiger charge is 2.33. The summed E-state index contributed by atoms with van der Waals surface area (Å²) < 4.78 is 24.9. The van der Waals surface area contributed by atoms with E-state index in [2.05, 4.69) is 18.1 Å². The molecule has 2 aliphatic heterocycles. The smallest absolute Gasteiger partial charge is 0.122 e. The molecule has 6 nitrogen and oxygen atoms in total. The molecule has 0 saturated carbocycles. The third kappa shape index (κ3) is 13.8. The van der Waals surface area contributed by atoms with Gasteiger partial charge in [0.05, 0.1) is 49.3 Å². The Balaban J connectivity index is 1.38. The van der Waals surface area contributed by atoms with Gasteiger partial charge in [-0.15, -0.1) is 12.3 Å². The van der Waals surface area contributed by atoms with Crippen molar-refractivity contribution in [2.24, 2.45) is 0 Å². The van der Waals surface area contributed by atoms with Crippen molar-refractivity contribution in [1.29, 1.82) is 0 Å². The molecule has 1 aromatic carbocycles. The zero-order valence-corrected chi connectivity index (χ0v) is 25.3. The summed E-state index contributed by atoms with van der Waals surface area (Å²) in [5, 5.41) is 10.6. The van der Waals surface area contributed by atoms with Gasteiger partial charge < -0.3 is 28.8 Å². The molecule has 41 heavy (non-hydrogen) atoms. The van der Waals surface area contributed by atoms with Gasteiger partial charge >= 0.3 is 0 Å². The van der Waals surface area contributed by atoms with Crippen molar-refractivity contribution in [3.8, 4) is 12.3 Å². The first-order valence-electron chi connectivity index (χ1n) is 16.1. The fourth-order valence-corrected chi connectivity index (χ4v) is 6.34. The molecule has 6 heteroatoms. The van der Waals surface area contributed by atoms with Crippen LogP contribution in [0.1, 0.15) is 115 Å². The molecular weight excluding hydrogens is 516 g/mol. The predicted octanol–water partition coefficient (Wildman–Crippen LogP) is 6.95. The first-order valence-corrected chi connectivity index (χ1v) is 16.1. The molecule has 2 fully saturated rings. The second-order valence-electron chi connectivity index (χ2n) is 12.1. The van der Waals surface area contributed by atoms with Crippen LogP contribution in [0.15, 0.2) is 30.3 Å². The summed E-state index contributed by atoms with van der Waals surface area (Å²) in [5.41, 5.74) is 1.15. The predicted molar refractivity (Wildman–Crippen MR) is 163 cm³/mol. The van der Waals surface area contributed by atoms with Crippen molar-refractivity contribution in [1.82, 2.24) is 0 Å². The molecule has 2 aliphatic rings. The van der Waals surface area contributed by atoms with E-state index >= 15 is 0 Å². The lowest BCUT2D eigenvalue weighted by atomic mass is 9.92. The van der Waals surface area contributed by atoms with E-state index in [1.54, 1.807) is 7.11 Å². The van der Waals surface area contributed by atoms with E-state index in [1.807, 2.05) is 18.2 Å². The van der Waals surface area contributed by atoms with Crippen LogP contribution >= 0.6 is 0 Å². The van der Waals surface area contributed by atoms with E-state index in [0.29, 0.717) is 13.0 Å². The van der Waals surface area contributed by atoms with Crippen LogP contribution in [-0.4, -0.2) is 61.2 Å². The molecule has 2 saturated heterocycles. The fourth-order valence-electron chi connectivity index (χ4n) is 6.34. The zero-order valence-electron chi connectivity index (χ0n) is 25.3. The molecule has 0 aromatic heterocycles. The van der Waals surface area contributed by atoms with E-state index in [9.17, 15) is 9.90 Å². The summed E-state index contributed by atoms with van der Waals surface area (Å²) in [6.07, 6.45) is 22.3. The van der Waals surface area contributed by atoms with E-state index < -0.39 is 0 Å². The number of benzene rings is 1. The molecule has 7 atom stereocenters. The van der Waals surface area contributed by atoms with Gasteiger partial charge in [-0.1, -0.05) is 62.4 Å². The van der Waals surface area contributed by atoms with Gasteiger partial charge in [0.2, 0.25) is 0 Å². The largest absolute Gasteiger partial charge is 0.393 e. The summed E-state index contributed by atoms with van der Waals surface area (Å²) >= 11 is 0. The van der Waals surface area contributed by atoms with Gasteiger partial charge in [0.25, 0.3) is 0 Å². The van der Waals surface area contributed by atoms with Gasteiger partial charge in [0.1, 0.15) is 6.29 Å². The molecule has 0 aliphatic carbocycles. The van der Waals surface area contributed by atoms with Crippen molar-refractivity contribution in [2.45, 2.75) is 158 Å². The lowest BCUT2D eigenvalue weighted by Crippen LogP contribution is -2.40. The van der Waals surface area contributed by atoms with E-state index in [0.717, 1.165) is 88.9 Å². The molecule has 0 radical (unpaired) electrons. The Morgan fingerprint density at radius 1 is 0.951 bits per heavy atom. The molecule has 230 valence electrons. The monoisotopic (exact) mass is 570 g/mol. The Labute approximate surface area is 248 Å². The standard InChI is InChI=1S/C35H54O6/c1-3-4-5-6-7-8-9-13-17-29(37)22-30-18-14-19-31(40-30)23-33(38-2)25-35-26-34(24-32(41-35)20-21-36)39-27-28-15-11-10-12-16-28/h1,10-12,15-16,21,29-35,37H,4-9,13-14,17-20,22-27H2,2H3/t29-,30+,31+,32+,33-,34+,35-/m1/s1. The van der Waals surface area contributed by atoms with Crippen molar-refractivity contribution >= 4 is 6.29 Å². The molecule has 3 rings (SSSR count). The maximum Gasteiger partial charge on any atom is 0.122 e. The molecule has 0 amide bonds. The highest BCUT2D eigenvalue weighted by molar-refractivity contribution is 5.50. The summed E-state index contributed by atoms with van der Waals surface area (Å²) in [7, 11) is 1.76. The number of hydrogen-bond acceptors (Lipinski definition) is 6. The number of aliphatic hydroxyl groups is 1. The van der Waals surface area contributed by atoms with Crippen LogP contribution in [0.25, 0.3) is 0 Å². The lowest BCUT2D eigenvalue weighted by molar-refractivity contribution is -0.141. The molecule has 2 heterocycles. The third-order valence-corrected chi connectivity index (χ3v) is 8.59. The van der Waals surface area contributed by atoms with E-state index in [-0.39, 0.29) is 42.7 Å². The zero-order chi connectivity index (χ0) is 29.1. The molecule has 0 unspecified atom stereocenters. The van der Waals surface area contributed by atoms with Crippen molar-refractivity contribution in [2.75, 3.05) is 7.11 Å². The maximum atomic E-state index is 11.3. The molecule has 1 aromatic rings. The number of rotatable bonds is 20. The topological polar surface area (TPSA) is 74.2 Å². The third-order valence-electron chi connectivity index (χ3n) is 8.59. The lowest BCUT2D eigenvalue weighted by Gasteiger charge is -2.37. The Hall–Kier alpha value is -1.75. The normalized spacial score (nSPS) is 26.2. The quantitative estimate of drug-likeness (QED) is 0.104. The Morgan fingerprint density at radius 2 is 1.61 bits per heavy atom. The van der Waals surface area contributed by atoms with Crippen molar-refractivity contribution in [3.63, 3.8) is 0 Å². The Kier molecular flexibility index (Phi) is 16.6. The summed E-state index contributed by atoms with van der Waals surface area (Å²) in [4.78, 5) is 11.3. The summed E-state index contributed by atoms with van der Waals surface area (Å²) in [6, 6.07) is 10.2. The SMILES string of the molecule is C#CCCCCCCCC[C@@H](O)C[C@@H]1CCC[C@@H](C[C@H](C[C@@H]2C[C@@H](OCc3ccccc3)C[C@H](CC=O)O2)OC)O1. The first-order chi connectivity index (χ1) is 20.1. The fraction of sp³-hybridized carbons (Fsp3) is 0.743. The highest BCUT2D eigenvalue weighted by atomic mass is 16.5. The van der Waals surface area contributed by atoms with Crippen LogP contribution in [0, 0.1) is 12.3 Å². The van der Waals surface area contributed by atoms with Gasteiger partial charge in [-0.05, 0) is 63.4 Å². The van der Waals surface area contributed by atoms with Crippen LogP contribution in [0.2, 0.25) is 0 Å². The van der Waals surface area contributed by atoms with Crippen LogP contribution in [0.5, 0.6) is 0 Å². The van der Waals surface area contributed by atoms with Gasteiger partial charge in [0.15, 0.2) is 0 Å². The molecule has 1 N–H and O–H groups in total. The number of aldehydes is 1. The molecule has 0 bridgehead atoms.